The van der Waals surface area contributed by atoms with E-state index < -0.39 is 17.4 Å². The minimum absolute atomic E-state index is 0.0101. The van der Waals surface area contributed by atoms with Crippen LogP contribution in [-0.4, -0.2) is 80.5 Å². The number of anilines is 1. The zero-order valence-electron chi connectivity index (χ0n) is 21.2. The van der Waals surface area contributed by atoms with Crippen LogP contribution in [0, 0.1) is 5.82 Å². The molecule has 2 aromatic carbocycles. The lowest BCUT2D eigenvalue weighted by atomic mass is 10.0. The molecule has 0 aromatic heterocycles. The van der Waals surface area contributed by atoms with Gasteiger partial charge in [0.2, 0.25) is 0 Å². The van der Waals surface area contributed by atoms with Gasteiger partial charge in [0.1, 0.15) is 30.7 Å². The highest BCUT2D eigenvalue weighted by molar-refractivity contribution is 5.85. The zero-order valence-corrected chi connectivity index (χ0v) is 21.2. The van der Waals surface area contributed by atoms with E-state index in [9.17, 15) is 23.9 Å². The lowest BCUT2D eigenvalue weighted by Gasteiger charge is -2.35. The third kappa shape index (κ3) is 7.58. The lowest BCUT2D eigenvalue weighted by molar-refractivity contribution is -0.163. The summed E-state index contributed by atoms with van der Waals surface area (Å²) in [5.41, 5.74) is -0.182. The smallest absolute Gasteiger partial charge is 0.267 e. The fraction of sp³-hybridized carbons (Fsp3) is 0.423. The van der Waals surface area contributed by atoms with Crippen LogP contribution in [0.1, 0.15) is 34.3 Å². The molecule has 2 aromatic rings. The number of ether oxygens (including phenoxy) is 1. The first-order chi connectivity index (χ1) is 17.2. The third-order valence-electron chi connectivity index (χ3n) is 5.86. The summed E-state index contributed by atoms with van der Waals surface area (Å²) in [4.78, 5) is 38.5. The number of likely N-dealkylation sites (N-methyl/N-ethyl adjacent to an activating group) is 3. The molecule has 0 aliphatic heterocycles. The number of rotatable bonds is 15. The van der Waals surface area contributed by atoms with Gasteiger partial charge in [0, 0.05) is 56.3 Å². The van der Waals surface area contributed by atoms with Gasteiger partial charge in [0.25, 0.3) is 5.91 Å². The van der Waals surface area contributed by atoms with Crippen LogP contribution in [0.2, 0.25) is 0 Å². The molecule has 10 heteroatoms. The first-order valence-corrected chi connectivity index (χ1v) is 11.6. The van der Waals surface area contributed by atoms with E-state index in [1.54, 1.807) is 30.3 Å². The molecular formula is C26H35FN4O5. The van der Waals surface area contributed by atoms with Crippen LogP contribution in [0.25, 0.3) is 0 Å². The first-order valence-electron chi connectivity index (χ1n) is 11.6. The largest absolute Gasteiger partial charge is 0.492 e. The summed E-state index contributed by atoms with van der Waals surface area (Å²) >= 11 is 0. The van der Waals surface area contributed by atoms with E-state index >= 15 is 0 Å². The van der Waals surface area contributed by atoms with Gasteiger partial charge in [-0.1, -0.05) is 12.1 Å². The molecule has 3 N–H and O–H groups in total. The highest BCUT2D eigenvalue weighted by Gasteiger charge is 2.39. The molecule has 0 saturated heterocycles. The Bertz CT molecular complexity index is 1050. The van der Waals surface area contributed by atoms with Crippen LogP contribution in [0.4, 0.5) is 10.1 Å². The number of nitrogens with zero attached hydrogens (tertiary/aromatic N) is 2. The number of hydrogen-bond acceptors (Lipinski definition) is 8. The van der Waals surface area contributed by atoms with Crippen LogP contribution in [-0.2, 0) is 22.7 Å². The topological polar surface area (TPSA) is 111 Å². The quantitative estimate of drug-likeness (QED) is 0.251. The summed E-state index contributed by atoms with van der Waals surface area (Å²) in [6.45, 7) is 1.30. The van der Waals surface area contributed by atoms with Gasteiger partial charge in [-0.2, -0.15) is 0 Å². The zero-order chi connectivity index (χ0) is 26.7. The van der Waals surface area contributed by atoms with Gasteiger partial charge in [-0.05, 0) is 51.0 Å². The maximum atomic E-state index is 14.5. The van der Waals surface area contributed by atoms with Crippen molar-refractivity contribution in [2.75, 3.05) is 46.7 Å². The predicted molar refractivity (Wildman–Crippen MR) is 135 cm³/mol. The van der Waals surface area contributed by atoms with E-state index in [-0.39, 0.29) is 25.9 Å². The molecule has 2 rings (SSSR count). The normalized spacial score (nSPS) is 12.8. The second-order valence-electron chi connectivity index (χ2n) is 8.71. The molecule has 0 fully saturated rings. The van der Waals surface area contributed by atoms with Crippen molar-refractivity contribution in [2.45, 2.75) is 31.7 Å². The van der Waals surface area contributed by atoms with Crippen molar-refractivity contribution >= 4 is 24.2 Å². The molecule has 0 saturated carbocycles. The minimum atomic E-state index is -1.97. The molecule has 9 nitrogen and oxygen atoms in total. The number of hydrogen-bond donors (Lipinski definition) is 3. The molecule has 1 amide bonds. The van der Waals surface area contributed by atoms with Gasteiger partial charge >= 0.3 is 0 Å². The second kappa shape index (κ2) is 13.7. The van der Waals surface area contributed by atoms with E-state index in [1.165, 1.54) is 25.1 Å². The van der Waals surface area contributed by atoms with E-state index in [4.69, 9.17) is 4.74 Å². The van der Waals surface area contributed by atoms with Crippen molar-refractivity contribution in [1.29, 1.82) is 0 Å². The van der Waals surface area contributed by atoms with E-state index in [2.05, 4.69) is 10.6 Å². The maximum Gasteiger partial charge on any atom is 0.267 e. The molecule has 0 aliphatic rings. The fourth-order valence-electron chi connectivity index (χ4n) is 3.68. The van der Waals surface area contributed by atoms with Crippen molar-refractivity contribution in [3.05, 3.63) is 58.9 Å². The average molecular weight is 503 g/mol. The highest BCUT2D eigenvalue weighted by Crippen LogP contribution is 2.27. The van der Waals surface area contributed by atoms with Crippen molar-refractivity contribution in [2.24, 2.45) is 0 Å². The van der Waals surface area contributed by atoms with Gasteiger partial charge in [-0.25, -0.2) is 4.39 Å². The Balaban J connectivity index is 2.27. The summed E-state index contributed by atoms with van der Waals surface area (Å²) < 4.78 is 20.2. The van der Waals surface area contributed by atoms with Crippen LogP contribution >= 0.6 is 0 Å². The Morgan fingerprint density at radius 3 is 2.58 bits per heavy atom. The summed E-state index contributed by atoms with van der Waals surface area (Å²) in [7, 11) is 6.79. The predicted octanol–water partition coefficient (Wildman–Crippen LogP) is 2.04. The van der Waals surface area contributed by atoms with Crippen LogP contribution in [0.15, 0.2) is 36.4 Å². The Hall–Kier alpha value is -3.34. The van der Waals surface area contributed by atoms with Crippen molar-refractivity contribution in [1.82, 2.24) is 15.1 Å². The number of carbonyl (C=O) groups excluding carboxylic acids is 3. The fourth-order valence-corrected chi connectivity index (χ4v) is 3.68. The Labute approximate surface area is 211 Å². The van der Waals surface area contributed by atoms with Crippen LogP contribution in [0.3, 0.4) is 0 Å². The van der Waals surface area contributed by atoms with Crippen molar-refractivity contribution < 1.29 is 28.6 Å². The highest BCUT2D eigenvalue weighted by atomic mass is 19.1. The van der Waals surface area contributed by atoms with Crippen molar-refractivity contribution in [3.8, 4) is 5.75 Å². The summed E-state index contributed by atoms with van der Waals surface area (Å²) in [5, 5.41) is 16.6. The Morgan fingerprint density at radius 2 is 1.94 bits per heavy atom. The summed E-state index contributed by atoms with van der Waals surface area (Å²) in [5.74, 6) is -0.531. The van der Waals surface area contributed by atoms with E-state index in [0.717, 1.165) is 6.54 Å². The molecule has 0 radical (unpaired) electrons. The number of benzene rings is 2. The van der Waals surface area contributed by atoms with Crippen LogP contribution in [0.5, 0.6) is 5.75 Å². The molecule has 1 unspecified atom stereocenters. The number of halogens is 1. The van der Waals surface area contributed by atoms with Gasteiger partial charge in [0.05, 0.1) is 0 Å². The van der Waals surface area contributed by atoms with E-state index in [1.807, 2.05) is 19.0 Å². The second-order valence-corrected chi connectivity index (χ2v) is 8.71. The standard InChI is InChI=1S/C26H35FN4O5/c1-28-25(34)26(35,11-6-13-32)31(4)17-22-19(18-33)7-5-8-24(22)29-16-20-15-21(9-10-23(20)27)36-14-12-30(2)3/h5,7-10,13,15,18,29,35H,6,11-12,14,16-17H2,1-4H3,(H,28,34). The van der Waals surface area contributed by atoms with Gasteiger partial charge in [-0.15, -0.1) is 0 Å². The molecular weight excluding hydrogens is 467 g/mol. The first kappa shape index (κ1) is 28.9. The molecule has 196 valence electrons. The summed E-state index contributed by atoms with van der Waals surface area (Å²) in [6.07, 6.45) is 1.16. The lowest BCUT2D eigenvalue weighted by Crippen LogP contribution is -2.56. The molecule has 0 heterocycles. The minimum Gasteiger partial charge on any atom is -0.492 e. The van der Waals surface area contributed by atoms with Crippen LogP contribution < -0.4 is 15.4 Å². The number of nitrogens with one attached hydrogen (secondary N) is 2. The van der Waals surface area contributed by atoms with Gasteiger partial charge < -0.3 is 30.2 Å². The molecule has 1 atom stereocenters. The number of carbonyl (C=O) groups is 3. The summed E-state index contributed by atoms with van der Waals surface area (Å²) in [6, 6.07) is 9.57. The number of amides is 1. The van der Waals surface area contributed by atoms with Crippen molar-refractivity contribution in [3.63, 3.8) is 0 Å². The monoisotopic (exact) mass is 502 g/mol. The Kier molecular flexibility index (Phi) is 11.0. The molecule has 0 spiro atoms. The molecule has 36 heavy (non-hydrogen) atoms. The van der Waals surface area contributed by atoms with Gasteiger partial charge in [-0.3, -0.25) is 14.5 Å². The maximum absolute atomic E-state index is 14.5. The molecule has 0 aliphatic carbocycles. The van der Waals surface area contributed by atoms with E-state index in [0.29, 0.717) is 47.3 Å². The number of aldehydes is 2. The Morgan fingerprint density at radius 1 is 1.19 bits per heavy atom. The average Bonchev–Trinajstić information content (AvgIpc) is 2.87. The number of aliphatic hydroxyl groups is 1. The SMILES string of the molecule is CNC(=O)C(O)(CCC=O)N(C)Cc1c(C=O)cccc1NCc1cc(OCCN(C)C)ccc1F. The van der Waals surface area contributed by atoms with Gasteiger partial charge in [0.15, 0.2) is 5.72 Å². The molecule has 0 bridgehead atoms. The third-order valence-corrected chi connectivity index (χ3v) is 5.86.